The first-order valence-electron chi connectivity index (χ1n) is 4.77. The summed E-state index contributed by atoms with van der Waals surface area (Å²) in [5.41, 5.74) is 1.19. The molecule has 4 nitrogen and oxygen atoms in total. The van der Waals surface area contributed by atoms with Gasteiger partial charge in [0.15, 0.2) is 0 Å². The highest BCUT2D eigenvalue weighted by Gasteiger charge is 2.23. The van der Waals surface area contributed by atoms with Gasteiger partial charge in [0.05, 0.1) is 11.0 Å². The molecule has 1 aromatic heterocycles. The first kappa shape index (κ1) is 9.98. The minimum atomic E-state index is -0.450. The molecule has 0 saturated carbocycles. The number of rotatable bonds is 2. The number of aromatic hydroxyl groups is 1. The van der Waals surface area contributed by atoms with Crippen molar-refractivity contribution in [3.63, 3.8) is 0 Å². The molecule has 15 heavy (non-hydrogen) atoms. The van der Waals surface area contributed by atoms with Crippen LogP contribution in [0.1, 0.15) is 19.7 Å². The lowest BCUT2D eigenvalue weighted by Gasteiger charge is -2.19. The van der Waals surface area contributed by atoms with Crippen molar-refractivity contribution in [1.82, 2.24) is 9.97 Å². The highest BCUT2D eigenvalue weighted by atomic mass is 16.5. The van der Waals surface area contributed by atoms with E-state index in [1.54, 1.807) is 25.3 Å². The van der Waals surface area contributed by atoms with Gasteiger partial charge in [0.1, 0.15) is 17.2 Å². The number of methoxy groups -OCH3 is 1. The molecule has 2 N–H and O–H groups in total. The zero-order valence-corrected chi connectivity index (χ0v) is 9.03. The lowest BCUT2D eigenvalue weighted by molar-refractivity contribution is 0.0124. The molecular weight excluding hydrogens is 192 g/mol. The van der Waals surface area contributed by atoms with E-state index in [9.17, 15) is 5.11 Å². The third kappa shape index (κ3) is 1.68. The van der Waals surface area contributed by atoms with Gasteiger partial charge in [-0.05, 0) is 26.0 Å². The number of imidazole rings is 1. The molecule has 0 aliphatic rings. The van der Waals surface area contributed by atoms with E-state index < -0.39 is 5.60 Å². The summed E-state index contributed by atoms with van der Waals surface area (Å²) in [5.74, 6) is 0.985. The summed E-state index contributed by atoms with van der Waals surface area (Å²) in [7, 11) is 1.64. The summed E-state index contributed by atoms with van der Waals surface area (Å²) in [6.45, 7) is 3.87. The second-order valence-corrected chi connectivity index (χ2v) is 4.00. The Kier molecular flexibility index (Phi) is 2.16. The van der Waals surface area contributed by atoms with Gasteiger partial charge in [0.2, 0.25) is 0 Å². The second-order valence-electron chi connectivity index (χ2n) is 4.00. The number of H-pyrrole nitrogens is 1. The third-order valence-corrected chi connectivity index (χ3v) is 2.55. The van der Waals surface area contributed by atoms with Crippen molar-refractivity contribution in [1.29, 1.82) is 0 Å². The summed E-state index contributed by atoms with van der Waals surface area (Å²) >= 11 is 0. The average Bonchev–Trinajstić information content (AvgIpc) is 2.61. The van der Waals surface area contributed by atoms with Crippen molar-refractivity contribution in [3.8, 4) is 5.75 Å². The monoisotopic (exact) mass is 206 g/mol. The molecular formula is C11H14N2O2. The molecule has 2 rings (SSSR count). The van der Waals surface area contributed by atoms with Crippen LogP contribution in [0.2, 0.25) is 0 Å². The van der Waals surface area contributed by atoms with Crippen LogP contribution in [-0.4, -0.2) is 22.2 Å². The molecule has 0 aliphatic heterocycles. The third-order valence-electron chi connectivity index (χ3n) is 2.55. The van der Waals surface area contributed by atoms with Gasteiger partial charge in [-0.15, -0.1) is 0 Å². The number of aromatic nitrogens is 2. The topological polar surface area (TPSA) is 58.1 Å². The fraction of sp³-hybridized carbons (Fsp3) is 0.364. The molecule has 0 bridgehead atoms. The van der Waals surface area contributed by atoms with Crippen LogP contribution in [0.15, 0.2) is 18.2 Å². The molecule has 0 spiro atoms. The van der Waals surface area contributed by atoms with E-state index in [0.717, 1.165) is 16.9 Å². The van der Waals surface area contributed by atoms with E-state index in [0.29, 0.717) is 0 Å². The Balaban J connectivity index is 2.56. The number of hydrogen-bond acceptors (Lipinski definition) is 3. The summed E-state index contributed by atoms with van der Waals surface area (Å²) < 4.78 is 5.33. The molecule has 2 aromatic rings. The first-order valence-corrected chi connectivity index (χ1v) is 4.77. The lowest BCUT2D eigenvalue weighted by Crippen LogP contribution is -2.21. The highest BCUT2D eigenvalue weighted by molar-refractivity contribution is 5.76. The molecule has 0 radical (unpaired) electrons. The Morgan fingerprint density at radius 3 is 2.80 bits per heavy atom. The molecule has 80 valence electrons. The Bertz CT molecular complexity index is 488. The van der Waals surface area contributed by atoms with Gasteiger partial charge in [0.25, 0.3) is 0 Å². The molecule has 0 atom stereocenters. The van der Waals surface area contributed by atoms with Crippen LogP contribution < -0.4 is 0 Å². The molecule has 0 aliphatic carbocycles. The van der Waals surface area contributed by atoms with Crippen LogP contribution in [0.4, 0.5) is 0 Å². The average molecular weight is 206 g/mol. The van der Waals surface area contributed by atoms with E-state index in [4.69, 9.17) is 4.74 Å². The second kappa shape index (κ2) is 3.24. The van der Waals surface area contributed by atoms with E-state index >= 15 is 0 Å². The quantitative estimate of drug-likeness (QED) is 0.791. The van der Waals surface area contributed by atoms with Crippen molar-refractivity contribution in [2.24, 2.45) is 0 Å². The number of fused-ring (bicyclic) bond motifs is 1. The zero-order chi connectivity index (χ0) is 11.1. The smallest absolute Gasteiger partial charge is 0.139 e. The Morgan fingerprint density at radius 1 is 1.40 bits per heavy atom. The number of ether oxygens (including phenoxy) is 1. The Hall–Kier alpha value is -1.55. The number of benzene rings is 1. The van der Waals surface area contributed by atoms with E-state index in [1.807, 2.05) is 13.8 Å². The van der Waals surface area contributed by atoms with E-state index in [2.05, 4.69) is 9.97 Å². The molecule has 4 heteroatoms. The first-order chi connectivity index (χ1) is 7.03. The van der Waals surface area contributed by atoms with Crippen molar-refractivity contribution < 1.29 is 9.84 Å². The maximum absolute atomic E-state index is 9.32. The minimum absolute atomic E-state index is 0.230. The zero-order valence-electron chi connectivity index (χ0n) is 9.03. The molecule has 0 fully saturated rings. The SMILES string of the molecule is COC(C)(C)c1nc2ccc(O)cc2[nH]1. The van der Waals surface area contributed by atoms with E-state index in [-0.39, 0.29) is 5.75 Å². The normalized spacial score (nSPS) is 12.2. The number of phenols is 1. The maximum Gasteiger partial charge on any atom is 0.139 e. The van der Waals surface area contributed by atoms with Crippen LogP contribution in [0, 0.1) is 0 Å². The van der Waals surface area contributed by atoms with Crippen LogP contribution in [0.3, 0.4) is 0 Å². The summed E-state index contributed by atoms with van der Waals surface area (Å²) in [5, 5.41) is 9.32. The van der Waals surface area contributed by atoms with Crippen LogP contribution >= 0.6 is 0 Å². The van der Waals surface area contributed by atoms with Gasteiger partial charge in [-0.25, -0.2) is 4.98 Å². The number of phenolic OH excluding ortho intramolecular Hbond substituents is 1. The van der Waals surface area contributed by atoms with Gasteiger partial charge in [0, 0.05) is 13.2 Å². The van der Waals surface area contributed by atoms with Crippen molar-refractivity contribution >= 4 is 11.0 Å². The lowest BCUT2D eigenvalue weighted by atomic mass is 10.1. The molecule has 0 amide bonds. The maximum atomic E-state index is 9.32. The van der Waals surface area contributed by atoms with Crippen molar-refractivity contribution in [3.05, 3.63) is 24.0 Å². The molecule has 0 saturated heterocycles. The summed E-state index contributed by atoms with van der Waals surface area (Å²) in [4.78, 5) is 7.54. The van der Waals surface area contributed by atoms with Gasteiger partial charge in [-0.3, -0.25) is 0 Å². The number of nitrogens with one attached hydrogen (secondary N) is 1. The van der Waals surface area contributed by atoms with Gasteiger partial charge >= 0.3 is 0 Å². The minimum Gasteiger partial charge on any atom is -0.508 e. The number of aromatic amines is 1. The van der Waals surface area contributed by atoms with Crippen molar-refractivity contribution in [2.75, 3.05) is 7.11 Å². The predicted molar refractivity (Wildman–Crippen MR) is 57.8 cm³/mol. The highest BCUT2D eigenvalue weighted by Crippen LogP contribution is 2.25. The Morgan fingerprint density at radius 2 is 2.13 bits per heavy atom. The van der Waals surface area contributed by atoms with Crippen LogP contribution in [0.5, 0.6) is 5.75 Å². The van der Waals surface area contributed by atoms with E-state index in [1.165, 1.54) is 0 Å². The van der Waals surface area contributed by atoms with Gasteiger partial charge < -0.3 is 14.8 Å². The number of hydrogen-bond donors (Lipinski definition) is 2. The fourth-order valence-corrected chi connectivity index (χ4v) is 1.38. The summed E-state index contributed by atoms with van der Waals surface area (Å²) in [6, 6.07) is 5.04. The van der Waals surface area contributed by atoms with Crippen LogP contribution in [0.25, 0.3) is 11.0 Å². The molecule has 0 unspecified atom stereocenters. The molecule has 1 aromatic carbocycles. The predicted octanol–water partition coefficient (Wildman–Crippen LogP) is 2.15. The van der Waals surface area contributed by atoms with Gasteiger partial charge in [-0.1, -0.05) is 0 Å². The van der Waals surface area contributed by atoms with Crippen molar-refractivity contribution in [2.45, 2.75) is 19.4 Å². The number of nitrogens with zero attached hydrogens (tertiary/aromatic N) is 1. The standard InChI is InChI=1S/C11H14N2O2/c1-11(2,15-3)10-12-8-5-4-7(14)6-9(8)13-10/h4-6,14H,1-3H3,(H,12,13). The van der Waals surface area contributed by atoms with Crippen LogP contribution in [-0.2, 0) is 10.3 Å². The summed E-state index contributed by atoms with van der Waals surface area (Å²) in [6.07, 6.45) is 0. The molecule has 1 heterocycles. The Labute approximate surface area is 87.9 Å². The fourth-order valence-electron chi connectivity index (χ4n) is 1.38. The van der Waals surface area contributed by atoms with Gasteiger partial charge in [-0.2, -0.15) is 0 Å². The largest absolute Gasteiger partial charge is 0.508 e.